The van der Waals surface area contributed by atoms with Gasteiger partial charge in [-0.15, -0.1) is 24.0 Å². The van der Waals surface area contributed by atoms with Crippen LogP contribution in [0.2, 0.25) is 0 Å². The van der Waals surface area contributed by atoms with Crippen LogP contribution in [0.25, 0.3) is 0 Å². The van der Waals surface area contributed by atoms with E-state index in [-0.39, 0.29) is 41.8 Å². The van der Waals surface area contributed by atoms with E-state index in [9.17, 15) is 4.79 Å². The molecule has 1 aliphatic carbocycles. The number of halogens is 1. The fraction of sp³-hybridized carbons (Fsp3) is 0.652. The first-order valence-electron chi connectivity index (χ1n) is 11.1. The van der Waals surface area contributed by atoms with E-state index >= 15 is 0 Å². The van der Waals surface area contributed by atoms with Gasteiger partial charge in [-0.2, -0.15) is 0 Å². The Morgan fingerprint density at radius 2 is 1.93 bits per heavy atom. The molecular formula is C23H38IN5O. The highest BCUT2D eigenvalue weighted by Gasteiger charge is 2.38. The fourth-order valence-corrected chi connectivity index (χ4v) is 4.44. The molecule has 30 heavy (non-hydrogen) atoms. The SMILES string of the molecule is CCN1CCCC1CNC(=NCC(=O)N(C)C)NCC1(c2ccccc2)CCC1.I. The molecule has 0 aromatic heterocycles. The molecule has 1 aliphatic heterocycles. The molecule has 2 N–H and O–H groups in total. The summed E-state index contributed by atoms with van der Waals surface area (Å²) < 4.78 is 0. The molecule has 0 radical (unpaired) electrons. The lowest BCUT2D eigenvalue weighted by atomic mass is 9.64. The zero-order valence-electron chi connectivity index (χ0n) is 18.7. The Labute approximate surface area is 198 Å². The number of carbonyl (C=O) groups excluding carboxylic acids is 1. The van der Waals surface area contributed by atoms with E-state index < -0.39 is 0 Å². The van der Waals surface area contributed by atoms with Crippen molar-refractivity contribution in [3.05, 3.63) is 35.9 Å². The van der Waals surface area contributed by atoms with Gasteiger partial charge in [-0.3, -0.25) is 9.69 Å². The largest absolute Gasteiger partial charge is 0.356 e. The van der Waals surface area contributed by atoms with Crippen LogP contribution in [0, 0.1) is 0 Å². The van der Waals surface area contributed by atoms with Crippen molar-refractivity contribution in [2.45, 2.75) is 50.5 Å². The minimum Gasteiger partial charge on any atom is -0.356 e. The fourth-order valence-electron chi connectivity index (χ4n) is 4.44. The van der Waals surface area contributed by atoms with Crippen molar-refractivity contribution in [1.82, 2.24) is 20.4 Å². The maximum atomic E-state index is 12.1. The number of rotatable bonds is 8. The lowest BCUT2D eigenvalue weighted by Crippen LogP contribution is -2.51. The van der Waals surface area contributed by atoms with E-state index in [2.05, 4.69) is 57.8 Å². The Hall–Kier alpha value is -1.35. The molecule has 1 saturated carbocycles. The van der Waals surface area contributed by atoms with E-state index in [1.165, 1.54) is 44.2 Å². The Balaban J connectivity index is 0.00000320. The first-order chi connectivity index (χ1) is 14.0. The zero-order valence-corrected chi connectivity index (χ0v) is 21.0. The van der Waals surface area contributed by atoms with Crippen molar-refractivity contribution >= 4 is 35.8 Å². The van der Waals surface area contributed by atoms with Gasteiger partial charge in [-0.05, 0) is 44.3 Å². The number of hydrogen-bond donors (Lipinski definition) is 2. The molecule has 0 spiro atoms. The van der Waals surface area contributed by atoms with Gasteiger partial charge in [0.25, 0.3) is 0 Å². The Bertz CT molecular complexity index is 690. The molecule has 2 aliphatic rings. The van der Waals surface area contributed by atoms with Crippen molar-refractivity contribution in [2.24, 2.45) is 4.99 Å². The molecule has 1 heterocycles. The maximum absolute atomic E-state index is 12.1. The molecule has 2 fully saturated rings. The van der Waals surface area contributed by atoms with Gasteiger partial charge < -0.3 is 15.5 Å². The highest BCUT2D eigenvalue weighted by molar-refractivity contribution is 14.0. The Morgan fingerprint density at radius 1 is 1.20 bits per heavy atom. The zero-order chi connectivity index (χ0) is 20.7. The third-order valence-corrected chi connectivity index (χ3v) is 6.57. The minimum absolute atomic E-state index is 0. The molecule has 1 atom stereocenters. The van der Waals surface area contributed by atoms with Crippen molar-refractivity contribution in [2.75, 3.05) is 46.8 Å². The Kier molecular flexibility index (Phi) is 9.87. The Morgan fingerprint density at radius 3 is 2.53 bits per heavy atom. The highest BCUT2D eigenvalue weighted by Crippen LogP contribution is 2.43. The van der Waals surface area contributed by atoms with Crippen molar-refractivity contribution in [3.63, 3.8) is 0 Å². The summed E-state index contributed by atoms with van der Waals surface area (Å²) in [5.74, 6) is 0.772. The van der Waals surface area contributed by atoms with Gasteiger partial charge in [-0.1, -0.05) is 43.7 Å². The average molecular weight is 527 g/mol. The first kappa shape index (κ1) is 24.9. The van der Waals surface area contributed by atoms with Gasteiger partial charge in [0, 0.05) is 38.6 Å². The molecule has 6 nitrogen and oxygen atoms in total. The maximum Gasteiger partial charge on any atom is 0.243 e. The number of benzene rings is 1. The molecule has 1 unspecified atom stereocenters. The number of nitrogens with one attached hydrogen (secondary N) is 2. The average Bonchev–Trinajstić information content (AvgIpc) is 3.16. The summed E-state index contributed by atoms with van der Waals surface area (Å²) in [7, 11) is 3.55. The summed E-state index contributed by atoms with van der Waals surface area (Å²) in [6.07, 6.45) is 6.14. The smallest absolute Gasteiger partial charge is 0.243 e. The van der Waals surface area contributed by atoms with Gasteiger partial charge in [0.15, 0.2) is 5.96 Å². The normalized spacial score (nSPS) is 20.8. The van der Waals surface area contributed by atoms with E-state index in [1.807, 2.05) is 0 Å². The summed E-state index contributed by atoms with van der Waals surface area (Å²) in [5.41, 5.74) is 1.58. The lowest BCUT2D eigenvalue weighted by molar-refractivity contribution is -0.127. The molecule has 1 saturated heterocycles. The summed E-state index contributed by atoms with van der Waals surface area (Å²) in [6, 6.07) is 11.3. The van der Waals surface area contributed by atoms with E-state index in [4.69, 9.17) is 0 Å². The van der Waals surface area contributed by atoms with Gasteiger partial charge >= 0.3 is 0 Å². The van der Waals surface area contributed by atoms with Crippen LogP contribution < -0.4 is 10.6 Å². The van der Waals surface area contributed by atoms with Crippen LogP contribution >= 0.6 is 24.0 Å². The number of carbonyl (C=O) groups is 1. The van der Waals surface area contributed by atoms with Gasteiger partial charge in [0.05, 0.1) is 0 Å². The van der Waals surface area contributed by atoms with E-state index in [0.29, 0.717) is 6.04 Å². The number of hydrogen-bond acceptors (Lipinski definition) is 3. The van der Waals surface area contributed by atoms with Gasteiger partial charge in [-0.25, -0.2) is 4.99 Å². The van der Waals surface area contributed by atoms with Crippen LogP contribution in [0.1, 0.15) is 44.6 Å². The minimum atomic E-state index is 0. The summed E-state index contributed by atoms with van der Waals surface area (Å²) in [6.45, 7) is 6.38. The molecule has 7 heteroatoms. The molecular weight excluding hydrogens is 489 g/mol. The van der Waals surface area contributed by atoms with Crippen molar-refractivity contribution < 1.29 is 4.79 Å². The number of likely N-dealkylation sites (N-methyl/N-ethyl adjacent to an activating group) is 2. The van der Waals surface area contributed by atoms with Crippen LogP contribution in [0.4, 0.5) is 0 Å². The standard InChI is InChI=1S/C23H37N5O.HI/c1-4-28-15-8-12-20(28)16-24-22(25-17-21(29)27(2)3)26-18-23(13-9-14-23)19-10-6-5-7-11-19;/h5-7,10-11,20H,4,8-9,12-18H2,1-3H3,(H2,24,25,26);1H. The topological polar surface area (TPSA) is 60.0 Å². The van der Waals surface area contributed by atoms with Gasteiger partial charge in [0.2, 0.25) is 5.91 Å². The molecule has 1 amide bonds. The number of aliphatic imine (C=N–C) groups is 1. The van der Waals surface area contributed by atoms with Crippen molar-refractivity contribution in [1.29, 1.82) is 0 Å². The van der Waals surface area contributed by atoms with Crippen LogP contribution in [0.5, 0.6) is 0 Å². The first-order valence-corrected chi connectivity index (χ1v) is 11.1. The predicted molar refractivity (Wildman–Crippen MR) is 135 cm³/mol. The number of amides is 1. The predicted octanol–water partition coefficient (Wildman–Crippen LogP) is 2.83. The van der Waals surface area contributed by atoms with E-state index in [1.54, 1.807) is 19.0 Å². The molecule has 1 aromatic carbocycles. The van der Waals surface area contributed by atoms with E-state index in [0.717, 1.165) is 25.6 Å². The molecule has 3 rings (SSSR count). The third kappa shape index (κ3) is 6.33. The summed E-state index contributed by atoms with van der Waals surface area (Å²) in [5, 5.41) is 7.08. The lowest BCUT2D eigenvalue weighted by Gasteiger charge is -2.43. The van der Waals surface area contributed by atoms with Crippen LogP contribution in [-0.2, 0) is 10.2 Å². The van der Waals surface area contributed by atoms with Crippen LogP contribution in [0.3, 0.4) is 0 Å². The van der Waals surface area contributed by atoms with Crippen LogP contribution in [0.15, 0.2) is 35.3 Å². The van der Waals surface area contributed by atoms with Crippen LogP contribution in [-0.4, -0.2) is 74.5 Å². The monoisotopic (exact) mass is 527 g/mol. The third-order valence-electron chi connectivity index (χ3n) is 6.57. The van der Waals surface area contributed by atoms with Gasteiger partial charge in [0.1, 0.15) is 6.54 Å². The molecule has 0 bridgehead atoms. The molecule has 168 valence electrons. The summed E-state index contributed by atoms with van der Waals surface area (Å²) in [4.78, 5) is 20.8. The van der Waals surface area contributed by atoms with Crippen molar-refractivity contribution in [3.8, 4) is 0 Å². The number of likely N-dealkylation sites (tertiary alicyclic amines) is 1. The molecule has 1 aromatic rings. The number of guanidine groups is 1. The highest BCUT2D eigenvalue weighted by atomic mass is 127. The number of nitrogens with zero attached hydrogens (tertiary/aromatic N) is 3. The quantitative estimate of drug-likeness (QED) is 0.310. The second-order valence-electron chi connectivity index (χ2n) is 8.61. The summed E-state index contributed by atoms with van der Waals surface area (Å²) >= 11 is 0. The second-order valence-corrected chi connectivity index (χ2v) is 8.61. The second kappa shape index (κ2) is 11.9.